The van der Waals surface area contributed by atoms with Gasteiger partial charge in [0.05, 0.1) is 5.25 Å². The zero-order chi connectivity index (χ0) is 9.94. The molecule has 0 aliphatic heterocycles. The monoisotopic (exact) mass is 193 g/mol. The Morgan fingerprint density at radius 3 is 1.67 bits per heavy atom. The molecule has 0 aromatic rings. The summed E-state index contributed by atoms with van der Waals surface area (Å²) in [6.07, 6.45) is 0. The Bertz CT molecular complexity index is 219. The second kappa shape index (κ2) is 4.23. The number of sulfonamides is 1. The zero-order valence-corrected chi connectivity index (χ0v) is 9.27. The van der Waals surface area contributed by atoms with Crippen molar-refractivity contribution < 1.29 is 8.42 Å². The molecule has 0 aliphatic rings. The van der Waals surface area contributed by atoms with Crippen LogP contribution in [0.3, 0.4) is 0 Å². The molecule has 74 valence electrons. The number of hydrogen-bond acceptors (Lipinski definition) is 2. The maximum absolute atomic E-state index is 11.3. The van der Waals surface area contributed by atoms with Crippen molar-refractivity contribution in [3.8, 4) is 0 Å². The fraction of sp³-hybridized carbons (Fsp3) is 1.00. The molecule has 0 aromatic carbocycles. The van der Waals surface area contributed by atoms with Crippen molar-refractivity contribution in [1.29, 1.82) is 0 Å². The van der Waals surface area contributed by atoms with Gasteiger partial charge in [0.2, 0.25) is 10.0 Å². The summed E-state index contributed by atoms with van der Waals surface area (Å²) in [6.45, 7) is 9.22. The van der Waals surface area contributed by atoms with Crippen LogP contribution in [0.4, 0.5) is 0 Å². The van der Waals surface area contributed by atoms with Gasteiger partial charge in [0.15, 0.2) is 0 Å². The Morgan fingerprint density at radius 1 is 1.00 bits per heavy atom. The summed E-state index contributed by atoms with van der Waals surface area (Å²) in [6, 6.07) is 0.0115. The average molecular weight is 193 g/mol. The van der Waals surface area contributed by atoms with Crippen molar-refractivity contribution >= 4 is 10.0 Å². The van der Waals surface area contributed by atoms with Crippen molar-refractivity contribution in [2.24, 2.45) is 5.92 Å². The predicted molar refractivity (Wildman–Crippen MR) is 51.5 cm³/mol. The summed E-state index contributed by atoms with van der Waals surface area (Å²) < 4.78 is 25.3. The highest BCUT2D eigenvalue weighted by Crippen LogP contribution is 2.04. The third-order valence-electron chi connectivity index (χ3n) is 1.97. The van der Waals surface area contributed by atoms with E-state index < -0.39 is 10.0 Å². The van der Waals surface area contributed by atoms with Crippen molar-refractivity contribution in [2.45, 2.75) is 45.9 Å². The number of rotatable bonds is 4. The van der Waals surface area contributed by atoms with E-state index in [1.807, 2.05) is 20.8 Å². The summed E-state index contributed by atoms with van der Waals surface area (Å²) in [5, 5.41) is -0.348. The van der Waals surface area contributed by atoms with Gasteiger partial charge in [-0.25, -0.2) is 13.1 Å². The van der Waals surface area contributed by atoms with Crippen LogP contribution in [-0.4, -0.2) is 19.7 Å². The van der Waals surface area contributed by atoms with Crippen molar-refractivity contribution in [2.75, 3.05) is 0 Å². The van der Waals surface area contributed by atoms with Gasteiger partial charge in [-0.1, -0.05) is 13.8 Å². The first kappa shape index (κ1) is 11.9. The first-order valence-corrected chi connectivity index (χ1v) is 5.83. The fourth-order valence-corrected chi connectivity index (χ4v) is 1.59. The van der Waals surface area contributed by atoms with Crippen LogP contribution in [0.1, 0.15) is 34.6 Å². The highest BCUT2D eigenvalue weighted by molar-refractivity contribution is 7.90. The molecule has 12 heavy (non-hydrogen) atoms. The Kier molecular flexibility index (Phi) is 4.20. The lowest BCUT2D eigenvalue weighted by Crippen LogP contribution is -2.39. The minimum Gasteiger partial charge on any atom is -0.212 e. The summed E-state index contributed by atoms with van der Waals surface area (Å²) in [7, 11) is -3.09. The Balaban J connectivity index is 4.27. The first-order valence-electron chi connectivity index (χ1n) is 4.28. The van der Waals surface area contributed by atoms with Gasteiger partial charge in [-0.15, -0.1) is 0 Å². The molecule has 3 nitrogen and oxygen atoms in total. The van der Waals surface area contributed by atoms with Crippen LogP contribution in [0.25, 0.3) is 0 Å². The lowest BCUT2D eigenvalue weighted by Gasteiger charge is -2.18. The third-order valence-corrected chi connectivity index (χ3v) is 3.91. The Labute approximate surface area is 75.6 Å². The standard InChI is InChI=1S/C8H19NO2S/c1-6(2)8(5)9-12(10,11)7(3)4/h6-9H,1-5H3/t8-/m1/s1. The lowest BCUT2D eigenvalue weighted by atomic mass is 10.1. The van der Waals surface area contributed by atoms with Crippen LogP contribution in [-0.2, 0) is 10.0 Å². The van der Waals surface area contributed by atoms with E-state index in [9.17, 15) is 8.42 Å². The topological polar surface area (TPSA) is 46.2 Å². The van der Waals surface area contributed by atoms with Crippen LogP contribution in [0.15, 0.2) is 0 Å². The van der Waals surface area contributed by atoms with Crippen LogP contribution in [0.5, 0.6) is 0 Å². The molecule has 1 atom stereocenters. The Morgan fingerprint density at radius 2 is 1.42 bits per heavy atom. The number of nitrogens with one attached hydrogen (secondary N) is 1. The molecule has 0 spiro atoms. The summed E-state index contributed by atoms with van der Waals surface area (Å²) in [5.41, 5.74) is 0. The normalized spacial score (nSPS) is 15.6. The van der Waals surface area contributed by atoms with E-state index >= 15 is 0 Å². The van der Waals surface area contributed by atoms with E-state index in [-0.39, 0.29) is 11.3 Å². The van der Waals surface area contributed by atoms with E-state index in [2.05, 4.69) is 4.72 Å². The SMILES string of the molecule is CC(C)[C@@H](C)NS(=O)(=O)C(C)C. The minimum atomic E-state index is -3.09. The van der Waals surface area contributed by atoms with Gasteiger partial charge < -0.3 is 0 Å². The molecule has 0 amide bonds. The summed E-state index contributed by atoms with van der Waals surface area (Å²) in [5.74, 6) is 0.332. The van der Waals surface area contributed by atoms with E-state index in [4.69, 9.17) is 0 Å². The lowest BCUT2D eigenvalue weighted by molar-refractivity contribution is 0.473. The highest BCUT2D eigenvalue weighted by atomic mass is 32.2. The average Bonchev–Trinajstić information content (AvgIpc) is 1.85. The van der Waals surface area contributed by atoms with Crippen molar-refractivity contribution in [1.82, 2.24) is 4.72 Å². The molecule has 0 aliphatic carbocycles. The van der Waals surface area contributed by atoms with Gasteiger partial charge in [-0.3, -0.25) is 0 Å². The van der Waals surface area contributed by atoms with Gasteiger partial charge in [0, 0.05) is 6.04 Å². The molecule has 0 bridgehead atoms. The van der Waals surface area contributed by atoms with E-state index in [1.54, 1.807) is 13.8 Å². The van der Waals surface area contributed by atoms with Crippen LogP contribution in [0, 0.1) is 5.92 Å². The van der Waals surface area contributed by atoms with Gasteiger partial charge in [-0.05, 0) is 26.7 Å². The van der Waals surface area contributed by atoms with E-state index in [0.29, 0.717) is 5.92 Å². The van der Waals surface area contributed by atoms with Crippen LogP contribution in [0.2, 0.25) is 0 Å². The quantitative estimate of drug-likeness (QED) is 0.732. The maximum Gasteiger partial charge on any atom is 0.214 e. The zero-order valence-electron chi connectivity index (χ0n) is 8.46. The first-order chi connectivity index (χ1) is 5.27. The second-order valence-electron chi connectivity index (χ2n) is 3.74. The number of hydrogen-bond donors (Lipinski definition) is 1. The molecule has 1 N–H and O–H groups in total. The molecule has 0 saturated heterocycles. The molecular formula is C8H19NO2S. The van der Waals surface area contributed by atoms with Crippen molar-refractivity contribution in [3.63, 3.8) is 0 Å². The molecule has 0 heterocycles. The molecular weight excluding hydrogens is 174 g/mol. The van der Waals surface area contributed by atoms with E-state index in [0.717, 1.165) is 0 Å². The predicted octanol–water partition coefficient (Wildman–Crippen LogP) is 1.36. The molecule has 0 unspecified atom stereocenters. The molecule has 0 fully saturated rings. The molecule has 0 aromatic heterocycles. The molecule has 4 heteroatoms. The smallest absolute Gasteiger partial charge is 0.212 e. The van der Waals surface area contributed by atoms with Crippen molar-refractivity contribution in [3.05, 3.63) is 0 Å². The minimum absolute atomic E-state index is 0.0115. The summed E-state index contributed by atoms with van der Waals surface area (Å²) in [4.78, 5) is 0. The van der Waals surface area contributed by atoms with Gasteiger partial charge >= 0.3 is 0 Å². The molecule has 0 rings (SSSR count). The van der Waals surface area contributed by atoms with Gasteiger partial charge in [-0.2, -0.15) is 0 Å². The fourth-order valence-electron chi connectivity index (χ4n) is 0.531. The van der Waals surface area contributed by atoms with Gasteiger partial charge in [0.1, 0.15) is 0 Å². The Hall–Kier alpha value is -0.0900. The van der Waals surface area contributed by atoms with E-state index in [1.165, 1.54) is 0 Å². The second-order valence-corrected chi connectivity index (χ2v) is 6.01. The highest BCUT2D eigenvalue weighted by Gasteiger charge is 2.19. The largest absolute Gasteiger partial charge is 0.214 e. The van der Waals surface area contributed by atoms with Gasteiger partial charge in [0.25, 0.3) is 0 Å². The summed E-state index contributed by atoms with van der Waals surface area (Å²) >= 11 is 0. The molecule has 0 radical (unpaired) electrons. The van der Waals surface area contributed by atoms with Crippen LogP contribution >= 0.6 is 0 Å². The van der Waals surface area contributed by atoms with Crippen LogP contribution < -0.4 is 4.72 Å². The molecule has 0 saturated carbocycles. The maximum atomic E-state index is 11.3. The third kappa shape index (κ3) is 3.54.